The highest BCUT2D eigenvalue weighted by Gasteiger charge is 2.34. The largest absolute Gasteiger partial charge is 0.329 e. The van der Waals surface area contributed by atoms with Gasteiger partial charge in [0.05, 0.1) is 5.75 Å². The molecular formula is C16H26N2O2S. The predicted octanol–water partition coefficient (Wildman–Crippen LogP) is 2.01. The van der Waals surface area contributed by atoms with Crippen molar-refractivity contribution in [2.75, 3.05) is 18.8 Å². The minimum atomic E-state index is -3.22. The Bertz CT molecular complexity index is 530. The van der Waals surface area contributed by atoms with Gasteiger partial charge in [-0.15, -0.1) is 0 Å². The molecule has 4 nitrogen and oxygen atoms in total. The number of piperidine rings is 1. The first-order valence-electron chi connectivity index (χ1n) is 7.80. The van der Waals surface area contributed by atoms with E-state index in [1.807, 2.05) is 30.3 Å². The van der Waals surface area contributed by atoms with Crippen molar-refractivity contribution >= 4 is 10.0 Å². The molecule has 2 rings (SSSR count). The van der Waals surface area contributed by atoms with Crippen molar-refractivity contribution in [1.82, 2.24) is 4.31 Å². The first-order chi connectivity index (χ1) is 10.1. The summed E-state index contributed by atoms with van der Waals surface area (Å²) in [5.41, 5.74) is 6.87. The van der Waals surface area contributed by atoms with E-state index in [0.29, 0.717) is 25.4 Å². The van der Waals surface area contributed by atoms with Crippen LogP contribution < -0.4 is 5.73 Å². The summed E-state index contributed by atoms with van der Waals surface area (Å²) < 4.78 is 26.8. The van der Waals surface area contributed by atoms with Gasteiger partial charge in [0, 0.05) is 19.1 Å². The molecule has 0 saturated carbocycles. The summed E-state index contributed by atoms with van der Waals surface area (Å²) in [6.45, 7) is 3.20. The quantitative estimate of drug-likeness (QED) is 0.874. The van der Waals surface area contributed by atoms with E-state index in [1.165, 1.54) is 0 Å². The smallest absolute Gasteiger partial charge is 0.214 e. The van der Waals surface area contributed by atoms with Crippen molar-refractivity contribution in [2.45, 2.75) is 38.6 Å². The van der Waals surface area contributed by atoms with Crippen molar-refractivity contribution < 1.29 is 8.42 Å². The van der Waals surface area contributed by atoms with Crippen LogP contribution in [0, 0.1) is 5.92 Å². The van der Waals surface area contributed by atoms with Crippen LogP contribution in [0.2, 0.25) is 0 Å². The van der Waals surface area contributed by atoms with E-state index < -0.39 is 10.0 Å². The average Bonchev–Trinajstić information content (AvgIpc) is 2.53. The Labute approximate surface area is 128 Å². The first-order valence-corrected chi connectivity index (χ1v) is 9.41. The van der Waals surface area contributed by atoms with E-state index in [4.69, 9.17) is 5.73 Å². The van der Waals surface area contributed by atoms with Crippen molar-refractivity contribution in [3.05, 3.63) is 35.9 Å². The van der Waals surface area contributed by atoms with Crippen LogP contribution in [0.25, 0.3) is 0 Å². The van der Waals surface area contributed by atoms with Crippen LogP contribution in [0.5, 0.6) is 0 Å². The molecule has 2 atom stereocenters. The fourth-order valence-corrected chi connectivity index (χ4v) is 4.81. The normalized spacial score (nSPS) is 24.1. The highest BCUT2D eigenvalue weighted by molar-refractivity contribution is 7.89. The summed E-state index contributed by atoms with van der Waals surface area (Å²) in [6.07, 6.45) is 3.53. The molecule has 21 heavy (non-hydrogen) atoms. The molecule has 2 unspecified atom stereocenters. The SMILES string of the molecule is CCC1CCN(S(=O)(=O)CCc2ccccc2)C(CN)C1. The Morgan fingerprint density at radius 3 is 2.62 bits per heavy atom. The number of hydrogen-bond donors (Lipinski definition) is 1. The molecule has 5 heteroatoms. The lowest BCUT2D eigenvalue weighted by molar-refractivity contribution is 0.198. The zero-order valence-electron chi connectivity index (χ0n) is 12.7. The Hall–Kier alpha value is -0.910. The number of rotatable bonds is 6. The molecular weight excluding hydrogens is 284 g/mol. The van der Waals surface area contributed by atoms with Crippen molar-refractivity contribution in [2.24, 2.45) is 11.7 Å². The predicted molar refractivity (Wildman–Crippen MR) is 86.5 cm³/mol. The molecule has 1 aromatic rings. The maximum atomic E-state index is 12.6. The molecule has 1 heterocycles. The Morgan fingerprint density at radius 1 is 1.29 bits per heavy atom. The zero-order valence-corrected chi connectivity index (χ0v) is 13.6. The van der Waals surface area contributed by atoms with Gasteiger partial charge in [0.15, 0.2) is 0 Å². The highest BCUT2D eigenvalue weighted by Crippen LogP contribution is 2.27. The van der Waals surface area contributed by atoms with Crippen molar-refractivity contribution in [3.8, 4) is 0 Å². The molecule has 1 aliphatic heterocycles. The number of nitrogens with two attached hydrogens (primary N) is 1. The van der Waals surface area contributed by atoms with Gasteiger partial charge in [-0.1, -0.05) is 43.7 Å². The Balaban J connectivity index is 2.01. The maximum absolute atomic E-state index is 12.6. The molecule has 0 spiro atoms. The van der Waals surface area contributed by atoms with Crippen LogP contribution in [-0.2, 0) is 16.4 Å². The fourth-order valence-electron chi connectivity index (χ4n) is 3.07. The lowest BCUT2D eigenvalue weighted by atomic mass is 9.90. The molecule has 0 aliphatic carbocycles. The molecule has 1 saturated heterocycles. The van der Waals surface area contributed by atoms with Gasteiger partial charge >= 0.3 is 0 Å². The summed E-state index contributed by atoms with van der Waals surface area (Å²) in [7, 11) is -3.22. The number of nitrogens with zero attached hydrogens (tertiary/aromatic N) is 1. The van der Waals surface area contributed by atoms with Gasteiger partial charge in [-0.3, -0.25) is 0 Å². The molecule has 1 aromatic carbocycles. The molecule has 0 bridgehead atoms. The molecule has 0 aromatic heterocycles. The third-order valence-corrected chi connectivity index (χ3v) is 6.38. The van der Waals surface area contributed by atoms with Crippen LogP contribution in [0.4, 0.5) is 0 Å². The van der Waals surface area contributed by atoms with E-state index >= 15 is 0 Å². The van der Waals surface area contributed by atoms with Gasteiger partial charge in [-0.05, 0) is 30.7 Å². The summed E-state index contributed by atoms with van der Waals surface area (Å²) in [4.78, 5) is 0. The first kappa shape index (κ1) is 16.5. The van der Waals surface area contributed by atoms with Gasteiger partial charge in [0.2, 0.25) is 10.0 Å². The third-order valence-electron chi connectivity index (χ3n) is 4.47. The van der Waals surface area contributed by atoms with Gasteiger partial charge < -0.3 is 5.73 Å². The minimum absolute atomic E-state index is 0.0236. The van der Waals surface area contributed by atoms with Crippen molar-refractivity contribution in [3.63, 3.8) is 0 Å². The standard InChI is InChI=1S/C16H26N2O2S/c1-2-14-8-10-18(16(12-14)13-17)21(19,20)11-9-15-6-4-3-5-7-15/h3-7,14,16H,2,8-13,17H2,1H3. The van der Waals surface area contributed by atoms with E-state index in [-0.39, 0.29) is 11.8 Å². The maximum Gasteiger partial charge on any atom is 0.214 e. The van der Waals surface area contributed by atoms with Crippen LogP contribution in [0.1, 0.15) is 31.7 Å². The van der Waals surface area contributed by atoms with E-state index in [1.54, 1.807) is 4.31 Å². The minimum Gasteiger partial charge on any atom is -0.329 e. The van der Waals surface area contributed by atoms with Crippen LogP contribution in [0.15, 0.2) is 30.3 Å². The second kappa shape index (κ2) is 7.38. The molecule has 2 N–H and O–H groups in total. The van der Waals surface area contributed by atoms with Crippen molar-refractivity contribution in [1.29, 1.82) is 0 Å². The lowest BCUT2D eigenvalue weighted by Crippen LogP contribution is -2.50. The van der Waals surface area contributed by atoms with Crippen LogP contribution >= 0.6 is 0 Å². The van der Waals surface area contributed by atoms with Gasteiger partial charge in [-0.2, -0.15) is 4.31 Å². The summed E-state index contributed by atoms with van der Waals surface area (Å²) in [6, 6.07) is 9.75. The topological polar surface area (TPSA) is 63.4 Å². The second-order valence-electron chi connectivity index (χ2n) is 5.85. The number of benzene rings is 1. The van der Waals surface area contributed by atoms with Crippen LogP contribution in [0.3, 0.4) is 0 Å². The van der Waals surface area contributed by atoms with E-state index in [9.17, 15) is 8.42 Å². The molecule has 0 radical (unpaired) electrons. The number of hydrogen-bond acceptors (Lipinski definition) is 3. The summed E-state index contributed by atoms with van der Waals surface area (Å²) in [5, 5.41) is 0. The van der Waals surface area contributed by atoms with E-state index in [2.05, 4.69) is 6.92 Å². The Morgan fingerprint density at radius 2 is 2.00 bits per heavy atom. The van der Waals surface area contributed by atoms with Gasteiger partial charge in [0.25, 0.3) is 0 Å². The number of sulfonamides is 1. The second-order valence-corrected chi connectivity index (χ2v) is 7.89. The number of aryl methyl sites for hydroxylation is 1. The molecule has 1 fully saturated rings. The lowest BCUT2D eigenvalue weighted by Gasteiger charge is -2.37. The molecule has 0 amide bonds. The van der Waals surface area contributed by atoms with E-state index in [0.717, 1.165) is 24.8 Å². The van der Waals surface area contributed by atoms with Gasteiger partial charge in [0.1, 0.15) is 0 Å². The molecule has 118 valence electrons. The Kier molecular flexibility index (Phi) is 5.79. The monoisotopic (exact) mass is 310 g/mol. The summed E-state index contributed by atoms with van der Waals surface area (Å²) >= 11 is 0. The fraction of sp³-hybridized carbons (Fsp3) is 0.625. The molecule has 1 aliphatic rings. The van der Waals surface area contributed by atoms with Crippen LogP contribution in [-0.4, -0.2) is 37.6 Å². The highest BCUT2D eigenvalue weighted by atomic mass is 32.2. The average molecular weight is 310 g/mol. The summed E-state index contributed by atoms with van der Waals surface area (Å²) in [5.74, 6) is 0.781. The zero-order chi connectivity index (χ0) is 15.3. The third kappa shape index (κ3) is 4.28. The van der Waals surface area contributed by atoms with Gasteiger partial charge in [-0.25, -0.2) is 8.42 Å².